The maximum absolute atomic E-state index is 11.8. The van der Waals surface area contributed by atoms with Crippen molar-refractivity contribution in [2.75, 3.05) is 6.54 Å². The summed E-state index contributed by atoms with van der Waals surface area (Å²) in [5, 5.41) is 24.5. The van der Waals surface area contributed by atoms with Crippen molar-refractivity contribution in [1.29, 1.82) is 0 Å². The third kappa shape index (κ3) is 5.43. The van der Waals surface area contributed by atoms with Crippen LogP contribution in [0.3, 0.4) is 0 Å². The van der Waals surface area contributed by atoms with Crippen molar-refractivity contribution in [3.05, 3.63) is 39.9 Å². The van der Waals surface area contributed by atoms with E-state index in [-0.39, 0.29) is 37.5 Å². The van der Waals surface area contributed by atoms with E-state index in [0.717, 1.165) is 0 Å². The number of carbonyl (C=O) groups excluding carboxylic acids is 2. The number of rotatable bonds is 6. The molecule has 1 aromatic rings. The molecule has 3 N–H and O–H groups in total. The minimum atomic E-state index is -1.22. The predicted octanol–water partition coefficient (Wildman–Crippen LogP) is 1.97. The van der Waals surface area contributed by atoms with Crippen molar-refractivity contribution in [1.82, 2.24) is 10.6 Å². The number of benzene rings is 1. The highest BCUT2D eigenvalue weighted by Crippen LogP contribution is 2.26. The number of carboxylic acid groups (broad SMARTS) is 1. The van der Waals surface area contributed by atoms with Crippen LogP contribution in [0.2, 0.25) is 0 Å². The number of non-ortho nitro benzene ring substituents is 1. The molecule has 2 amide bonds. The fourth-order valence-corrected chi connectivity index (χ4v) is 2.74. The van der Waals surface area contributed by atoms with Gasteiger partial charge in [0.05, 0.1) is 10.5 Å². The van der Waals surface area contributed by atoms with Crippen molar-refractivity contribution in [3.8, 4) is 0 Å². The molecular formula is C16H19N3O7. The Hall–Kier alpha value is -3.17. The highest BCUT2D eigenvalue weighted by molar-refractivity contribution is 5.80. The zero-order chi connectivity index (χ0) is 19.2. The molecule has 0 atom stereocenters. The van der Waals surface area contributed by atoms with Gasteiger partial charge in [0.15, 0.2) is 0 Å². The van der Waals surface area contributed by atoms with E-state index >= 15 is 0 Å². The molecule has 1 saturated carbocycles. The van der Waals surface area contributed by atoms with Gasteiger partial charge in [0, 0.05) is 31.5 Å². The van der Waals surface area contributed by atoms with Gasteiger partial charge in [0.25, 0.3) is 5.69 Å². The average Bonchev–Trinajstić information content (AvgIpc) is 2.60. The van der Waals surface area contributed by atoms with Crippen molar-refractivity contribution >= 4 is 23.7 Å². The summed E-state index contributed by atoms with van der Waals surface area (Å²) >= 11 is 0. The van der Waals surface area contributed by atoms with Crippen LogP contribution in [0.1, 0.15) is 31.2 Å². The maximum Gasteiger partial charge on any atom is 0.407 e. The molecule has 10 nitrogen and oxygen atoms in total. The molecule has 0 aromatic heterocycles. The molecule has 26 heavy (non-hydrogen) atoms. The second kappa shape index (κ2) is 8.28. The average molecular weight is 365 g/mol. The first-order chi connectivity index (χ1) is 12.3. The number of nitro groups is 1. The first-order valence-corrected chi connectivity index (χ1v) is 7.96. The van der Waals surface area contributed by atoms with E-state index < -0.39 is 22.6 Å². The Labute approximate surface area is 148 Å². The fraction of sp³-hybridized carbons (Fsp3) is 0.438. The summed E-state index contributed by atoms with van der Waals surface area (Å²) in [6.07, 6.45) is -0.853. The third-order valence-corrected chi connectivity index (χ3v) is 4.23. The third-order valence-electron chi connectivity index (χ3n) is 4.23. The number of alkyl carbamates (subject to hydrolysis) is 1. The number of Topliss-reactive ketones (excluding diaryl/α,β-unsaturated/α-hetero) is 1. The van der Waals surface area contributed by atoms with Crippen LogP contribution < -0.4 is 10.6 Å². The van der Waals surface area contributed by atoms with Crippen LogP contribution >= 0.6 is 0 Å². The molecule has 0 unspecified atom stereocenters. The van der Waals surface area contributed by atoms with Crippen LogP contribution in [0, 0.1) is 10.1 Å². The van der Waals surface area contributed by atoms with Crippen LogP contribution in [-0.4, -0.2) is 40.1 Å². The predicted molar refractivity (Wildman–Crippen MR) is 88.7 cm³/mol. The van der Waals surface area contributed by atoms with Gasteiger partial charge in [0.2, 0.25) is 0 Å². The molecule has 2 rings (SSSR count). The molecule has 140 valence electrons. The maximum atomic E-state index is 11.8. The Kier molecular flexibility index (Phi) is 6.10. The second-order valence-electron chi connectivity index (χ2n) is 6.10. The number of carbonyl (C=O) groups is 3. The van der Waals surface area contributed by atoms with Gasteiger partial charge in [-0.1, -0.05) is 0 Å². The van der Waals surface area contributed by atoms with E-state index in [9.17, 15) is 24.5 Å². The van der Waals surface area contributed by atoms with Crippen molar-refractivity contribution < 1.29 is 29.2 Å². The lowest BCUT2D eigenvalue weighted by molar-refractivity contribution is -0.384. The normalized spacial score (nSPS) is 15.8. The topological polar surface area (TPSA) is 148 Å². The van der Waals surface area contributed by atoms with E-state index in [0.29, 0.717) is 18.4 Å². The lowest BCUT2D eigenvalue weighted by Crippen LogP contribution is -2.57. The quantitative estimate of drug-likeness (QED) is 0.515. The van der Waals surface area contributed by atoms with E-state index in [1.807, 2.05) is 0 Å². The second-order valence-corrected chi connectivity index (χ2v) is 6.10. The Morgan fingerprint density at radius 3 is 2.38 bits per heavy atom. The van der Waals surface area contributed by atoms with Gasteiger partial charge in [0.1, 0.15) is 12.4 Å². The minimum absolute atomic E-state index is 0.00563. The van der Waals surface area contributed by atoms with Crippen LogP contribution in [0.5, 0.6) is 0 Å². The summed E-state index contributed by atoms with van der Waals surface area (Å²) in [4.78, 5) is 44.3. The molecule has 0 heterocycles. The smallest absolute Gasteiger partial charge is 0.407 e. The molecule has 1 aliphatic carbocycles. The molecule has 10 heteroatoms. The van der Waals surface area contributed by atoms with Gasteiger partial charge < -0.3 is 20.5 Å². The van der Waals surface area contributed by atoms with Gasteiger partial charge in [-0.3, -0.25) is 14.9 Å². The lowest BCUT2D eigenvalue weighted by Gasteiger charge is -2.36. The molecule has 0 spiro atoms. The van der Waals surface area contributed by atoms with Gasteiger partial charge >= 0.3 is 12.2 Å². The van der Waals surface area contributed by atoms with Gasteiger partial charge in [-0.2, -0.15) is 0 Å². The number of ether oxygens (including phenoxy) is 1. The van der Waals surface area contributed by atoms with Gasteiger partial charge in [-0.15, -0.1) is 0 Å². The highest BCUT2D eigenvalue weighted by atomic mass is 16.6. The summed E-state index contributed by atoms with van der Waals surface area (Å²) in [7, 11) is 0. The summed E-state index contributed by atoms with van der Waals surface area (Å²) in [6, 6.07) is 5.57. The van der Waals surface area contributed by atoms with Gasteiger partial charge in [-0.05, 0) is 30.5 Å². The first-order valence-electron chi connectivity index (χ1n) is 7.96. The number of ketones is 1. The molecule has 0 radical (unpaired) electrons. The fourth-order valence-electron chi connectivity index (χ4n) is 2.74. The molecule has 1 fully saturated rings. The molecule has 1 aromatic carbocycles. The highest BCUT2D eigenvalue weighted by Gasteiger charge is 2.36. The van der Waals surface area contributed by atoms with Gasteiger partial charge in [-0.25, -0.2) is 9.59 Å². The van der Waals surface area contributed by atoms with Crippen LogP contribution in [0.15, 0.2) is 24.3 Å². The number of hydrogen-bond acceptors (Lipinski definition) is 6. The number of nitro benzene ring substituents is 1. The zero-order valence-electron chi connectivity index (χ0n) is 13.9. The Morgan fingerprint density at radius 2 is 1.85 bits per heavy atom. The van der Waals surface area contributed by atoms with Crippen molar-refractivity contribution in [2.45, 2.75) is 37.8 Å². The van der Waals surface area contributed by atoms with E-state index in [2.05, 4.69) is 10.6 Å². The van der Waals surface area contributed by atoms with Crippen molar-refractivity contribution in [3.63, 3.8) is 0 Å². The number of hydrogen-bond donors (Lipinski definition) is 3. The molecule has 0 bridgehead atoms. The summed E-state index contributed by atoms with van der Waals surface area (Å²) in [5.41, 5.74) is -0.384. The van der Waals surface area contributed by atoms with E-state index in [1.54, 1.807) is 0 Å². The standard InChI is InChI=1S/C16H19N3O7/c20-13-5-7-16(8-6-13,18-14(21)22)10-17-15(23)26-9-11-1-3-12(4-2-11)19(24)25/h1-4,18H,5-10H2,(H,17,23)(H,21,22). The molecular weight excluding hydrogens is 346 g/mol. The number of amides is 2. The largest absolute Gasteiger partial charge is 0.465 e. The van der Waals surface area contributed by atoms with Crippen LogP contribution in [0.4, 0.5) is 15.3 Å². The summed E-state index contributed by atoms with van der Waals surface area (Å²) in [5.74, 6) is 0.0635. The Balaban J connectivity index is 1.84. The zero-order valence-corrected chi connectivity index (χ0v) is 13.9. The molecule has 0 aliphatic heterocycles. The minimum Gasteiger partial charge on any atom is -0.465 e. The SMILES string of the molecule is O=C1CCC(CNC(=O)OCc2ccc([N+](=O)[O-])cc2)(NC(=O)O)CC1. The number of nitrogens with zero attached hydrogens (tertiary/aromatic N) is 1. The lowest BCUT2D eigenvalue weighted by atomic mass is 9.81. The Bertz CT molecular complexity index is 692. The van der Waals surface area contributed by atoms with Crippen LogP contribution in [-0.2, 0) is 16.1 Å². The van der Waals surface area contributed by atoms with E-state index in [1.165, 1.54) is 24.3 Å². The van der Waals surface area contributed by atoms with Crippen molar-refractivity contribution in [2.24, 2.45) is 0 Å². The summed E-state index contributed by atoms with van der Waals surface area (Å²) in [6.45, 7) is -0.0760. The Morgan fingerprint density at radius 1 is 1.23 bits per heavy atom. The number of nitrogens with one attached hydrogen (secondary N) is 2. The first kappa shape index (κ1) is 19.2. The summed E-state index contributed by atoms with van der Waals surface area (Å²) < 4.78 is 5.03. The molecule has 0 saturated heterocycles. The monoisotopic (exact) mass is 365 g/mol. The van der Waals surface area contributed by atoms with E-state index in [4.69, 9.17) is 9.84 Å². The molecule has 1 aliphatic rings. The van der Waals surface area contributed by atoms with Crippen LogP contribution in [0.25, 0.3) is 0 Å².